The third-order valence-corrected chi connectivity index (χ3v) is 3.90. The summed E-state index contributed by atoms with van der Waals surface area (Å²) in [4.78, 5) is 0. The molecule has 1 fully saturated rings. The normalized spacial score (nSPS) is 16.0. The van der Waals surface area contributed by atoms with Gasteiger partial charge in [0.2, 0.25) is 0 Å². The molecule has 1 aliphatic carbocycles. The van der Waals surface area contributed by atoms with E-state index in [2.05, 4.69) is 25.9 Å². The number of hydrogen-bond donors (Lipinski definition) is 1. The molecule has 0 bridgehead atoms. The minimum absolute atomic E-state index is 0.546. The zero-order valence-electron chi connectivity index (χ0n) is 9.13. The monoisotopic (exact) mass is 388 g/mol. The van der Waals surface area contributed by atoms with Gasteiger partial charge in [-0.1, -0.05) is 12.8 Å². The fourth-order valence-corrected chi connectivity index (χ4v) is 2.10. The summed E-state index contributed by atoms with van der Waals surface area (Å²) in [6.45, 7) is 3.65. The summed E-state index contributed by atoms with van der Waals surface area (Å²) in [7, 11) is 2.00. The summed E-state index contributed by atoms with van der Waals surface area (Å²) in [5.41, 5.74) is 5.53. The summed E-state index contributed by atoms with van der Waals surface area (Å²) in [5.74, 6) is 0. The first-order chi connectivity index (χ1) is 7.15. The van der Waals surface area contributed by atoms with Crippen LogP contribution in [-0.2, 0) is 26.4 Å². The minimum atomic E-state index is 0.546. The van der Waals surface area contributed by atoms with Crippen LogP contribution < -0.4 is 5.73 Å². The summed E-state index contributed by atoms with van der Waals surface area (Å²) in [5, 5.41) is 0. The number of rotatable bonds is 1. The second-order valence-electron chi connectivity index (χ2n) is 3.78. The van der Waals surface area contributed by atoms with Crippen molar-refractivity contribution in [3.63, 3.8) is 0 Å². The Balaban J connectivity index is 0.000000162. The van der Waals surface area contributed by atoms with Crippen molar-refractivity contribution < 1.29 is 19.4 Å². The number of nitrogens with two attached hydrogens (primary N) is 1. The van der Waals surface area contributed by atoms with Gasteiger partial charge < -0.3 is 5.73 Å². The van der Waals surface area contributed by atoms with Gasteiger partial charge in [-0.2, -0.15) is 0 Å². The molecule has 1 saturated carbocycles. The summed E-state index contributed by atoms with van der Waals surface area (Å²) in [6, 6.07) is 0.546. The number of imidazole rings is 1. The molecule has 1 heterocycles. The molecular formula is C11H19N3Pt. The van der Waals surface area contributed by atoms with E-state index in [0.717, 1.165) is 3.80 Å². The van der Waals surface area contributed by atoms with Crippen molar-refractivity contribution in [3.8, 4) is 0 Å². The van der Waals surface area contributed by atoms with Crippen LogP contribution in [0.25, 0.3) is 6.20 Å². The van der Waals surface area contributed by atoms with Crippen LogP contribution in [0.4, 0.5) is 0 Å². The van der Waals surface area contributed by atoms with Crippen LogP contribution in [0.5, 0.6) is 0 Å². The van der Waals surface area contributed by atoms with Crippen LogP contribution in [0.2, 0.25) is 0 Å². The Kier molecular flexibility index (Phi) is 5.27. The maximum atomic E-state index is 5.53. The smallest absolute Gasteiger partial charge is 0.00388 e. The fraction of sp³-hybridized carbons (Fsp3) is 0.545. The van der Waals surface area contributed by atoms with Crippen LogP contribution in [0, 0.1) is 3.80 Å². The van der Waals surface area contributed by atoms with Crippen molar-refractivity contribution in [1.29, 1.82) is 0 Å². The van der Waals surface area contributed by atoms with E-state index in [4.69, 9.17) is 5.73 Å². The number of aryl methyl sites for hydroxylation is 1. The zero-order valence-corrected chi connectivity index (χ0v) is 11.4. The standard InChI is InChI=1S/C6H8N2.C5H11N.Pt/c1-3-8-5-4-7(2)6-8;6-5-3-1-2-4-5;/h3-5H,1H2,2H3;5H,1-4,6H2;. The van der Waals surface area contributed by atoms with Gasteiger partial charge in [0.1, 0.15) is 0 Å². The Morgan fingerprint density at radius 3 is 2.27 bits per heavy atom. The van der Waals surface area contributed by atoms with Gasteiger partial charge in [0, 0.05) is 6.04 Å². The molecule has 0 unspecified atom stereocenters. The van der Waals surface area contributed by atoms with E-state index < -0.39 is 0 Å². The second kappa shape index (κ2) is 6.24. The maximum Gasteiger partial charge on any atom is 0.00388 e. The van der Waals surface area contributed by atoms with Gasteiger partial charge in [-0.25, -0.2) is 0 Å². The molecule has 3 nitrogen and oxygen atoms in total. The molecule has 0 aliphatic heterocycles. The summed E-state index contributed by atoms with van der Waals surface area (Å²) >= 11 is 2.24. The van der Waals surface area contributed by atoms with E-state index in [1.165, 1.54) is 25.7 Å². The van der Waals surface area contributed by atoms with Gasteiger partial charge >= 0.3 is 64.5 Å². The van der Waals surface area contributed by atoms with Gasteiger partial charge in [-0.05, 0) is 12.8 Å². The van der Waals surface area contributed by atoms with Gasteiger partial charge in [-0.3, -0.25) is 0 Å². The molecular weight excluding hydrogens is 369 g/mol. The molecule has 0 amide bonds. The molecule has 1 aliphatic rings. The van der Waals surface area contributed by atoms with E-state index in [1.54, 1.807) is 6.20 Å². The van der Waals surface area contributed by atoms with E-state index >= 15 is 0 Å². The second-order valence-corrected chi connectivity index (χ2v) is 4.80. The minimum Gasteiger partial charge on any atom is -0.328 e. The first kappa shape index (κ1) is 12.7. The molecule has 0 atom stereocenters. The molecule has 0 aromatic carbocycles. The van der Waals surface area contributed by atoms with Gasteiger partial charge in [0.15, 0.2) is 0 Å². The van der Waals surface area contributed by atoms with Crippen molar-refractivity contribution in [1.82, 2.24) is 9.13 Å². The van der Waals surface area contributed by atoms with Crippen molar-refractivity contribution in [2.24, 2.45) is 12.8 Å². The summed E-state index contributed by atoms with van der Waals surface area (Å²) in [6.07, 6.45) is 11.0. The molecule has 1 aromatic rings. The molecule has 88 valence electrons. The Labute approximate surface area is 102 Å². The first-order valence-electron chi connectivity index (χ1n) is 5.22. The third kappa shape index (κ3) is 3.92. The van der Waals surface area contributed by atoms with E-state index in [9.17, 15) is 0 Å². The SMILES string of the molecule is C=Cn1ccn(C)[c]1=[Pt].NC1CCCC1. The molecule has 0 saturated heterocycles. The molecule has 1 aromatic heterocycles. The van der Waals surface area contributed by atoms with E-state index in [0.29, 0.717) is 6.04 Å². The van der Waals surface area contributed by atoms with Gasteiger partial charge in [0.25, 0.3) is 0 Å². The van der Waals surface area contributed by atoms with E-state index in [1.807, 2.05) is 28.6 Å². The van der Waals surface area contributed by atoms with Crippen LogP contribution in [0.3, 0.4) is 0 Å². The fourth-order valence-electron chi connectivity index (χ4n) is 1.56. The molecule has 2 N–H and O–H groups in total. The van der Waals surface area contributed by atoms with Crippen molar-refractivity contribution in [3.05, 3.63) is 22.8 Å². The van der Waals surface area contributed by atoms with Crippen molar-refractivity contribution in [2.45, 2.75) is 31.7 Å². The van der Waals surface area contributed by atoms with Crippen molar-refractivity contribution >= 4 is 6.20 Å². The third-order valence-electron chi connectivity index (χ3n) is 2.51. The Morgan fingerprint density at radius 2 is 2.07 bits per heavy atom. The number of aromatic nitrogens is 2. The average molecular weight is 388 g/mol. The predicted molar refractivity (Wildman–Crippen MR) is 59.5 cm³/mol. The van der Waals surface area contributed by atoms with Crippen LogP contribution >= 0.6 is 0 Å². The maximum absolute atomic E-state index is 5.53. The number of nitrogens with zero attached hydrogens (tertiary/aromatic N) is 2. The largest absolute Gasteiger partial charge is 0.328 e. The predicted octanol–water partition coefficient (Wildman–Crippen LogP) is 1.89. The molecule has 4 heteroatoms. The van der Waals surface area contributed by atoms with Crippen LogP contribution in [0.1, 0.15) is 25.7 Å². The number of hydrogen-bond acceptors (Lipinski definition) is 1. The molecule has 2 rings (SSSR count). The van der Waals surface area contributed by atoms with Crippen LogP contribution in [0.15, 0.2) is 19.0 Å². The Bertz CT molecular complexity index is 358. The Hall–Kier alpha value is -0.402. The van der Waals surface area contributed by atoms with Gasteiger partial charge in [0.05, 0.1) is 0 Å². The van der Waals surface area contributed by atoms with Crippen molar-refractivity contribution in [2.75, 3.05) is 0 Å². The van der Waals surface area contributed by atoms with E-state index in [-0.39, 0.29) is 0 Å². The zero-order chi connectivity index (χ0) is 11.3. The summed E-state index contributed by atoms with van der Waals surface area (Å²) < 4.78 is 5.15. The quantitative estimate of drug-likeness (QED) is 0.784. The molecule has 0 radical (unpaired) electrons. The Morgan fingerprint density at radius 1 is 1.47 bits per heavy atom. The first-order valence-corrected chi connectivity index (χ1v) is 6.35. The molecule has 0 spiro atoms. The van der Waals surface area contributed by atoms with Crippen LogP contribution in [-0.4, -0.2) is 15.2 Å². The topological polar surface area (TPSA) is 35.9 Å². The van der Waals surface area contributed by atoms with Gasteiger partial charge in [-0.15, -0.1) is 0 Å². The molecule has 15 heavy (non-hydrogen) atoms. The average Bonchev–Trinajstić information content (AvgIpc) is 2.80.